The Balaban J connectivity index is 4.56. The van der Waals surface area contributed by atoms with Gasteiger partial charge in [-0.25, -0.2) is 9.52 Å². The summed E-state index contributed by atoms with van der Waals surface area (Å²) in [6, 6.07) is 0. The summed E-state index contributed by atoms with van der Waals surface area (Å²) in [5, 5.41) is 17.2. The zero-order valence-corrected chi connectivity index (χ0v) is 9.03. The molecule has 0 rings (SSSR count). The zero-order chi connectivity index (χ0) is 11.9. The number of carbonyl (C=O) groups excluding carboxylic acids is 1. The summed E-state index contributed by atoms with van der Waals surface area (Å²) in [5.74, 6) is 0. The normalized spacial score (nSPS) is 11.5. The molecule has 1 amide bonds. The van der Waals surface area contributed by atoms with Crippen LogP contribution in [0.25, 0.3) is 0 Å². The van der Waals surface area contributed by atoms with Crippen molar-refractivity contribution in [2.24, 2.45) is 0 Å². The Morgan fingerprint density at radius 1 is 1.33 bits per heavy atom. The van der Waals surface area contributed by atoms with Gasteiger partial charge in [-0.05, 0) is 0 Å². The van der Waals surface area contributed by atoms with Gasteiger partial charge in [0.15, 0.2) is 0 Å². The van der Waals surface area contributed by atoms with Gasteiger partial charge < -0.3 is 14.9 Å². The van der Waals surface area contributed by atoms with Crippen LogP contribution in [-0.2, 0) is 14.9 Å². The molecule has 0 fully saturated rings. The number of aliphatic hydroxyl groups excluding tert-OH is 2. The van der Waals surface area contributed by atoms with E-state index in [1.165, 1.54) is 0 Å². The number of hydrogen-bond donors (Lipinski definition) is 3. The van der Waals surface area contributed by atoms with Crippen molar-refractivity contribution in [1.29, 1.82) is 0 Å². The van der Waals surface area contributed by atoms with E-state index in [2.05, 4.69) is 4.74 Å². The van der Waals surface area contributed by atoms with Gasteiger partial charge in [-0.3, -0.25) is 0 Å². The lowest BCUT2D eigenvalue weighted by Crippen LogP contribution is -2.45. The maximum Gasteiger partial charge on any atom is 0.421 e. The molecule has 0 saturated heterocycles. The SMILES string of the molecule is COC(=O)NS(=O)(=O)N(CCO)CCO. The first-order valence-corrected chi connectivity index (χ1v) is 5.49. The van der Waals surface area contributed by atoms with Crippen LogP contribution in [0.4, 0.5) is 4.79 Å². The first kappa shape index (κ1) is 14.1. The quantitative estimate of drug-likeness (QED) is 0.490. The van der Waals surface area contributed by atoms with Crippen LogP contribution in [0.5, 0.6) is 0 Å². The molecule has 0 aliphatic rings. The maximum absolute atomic E-state index is 11.4. The minimum Gasteiger partial charge on any atom is -0.452 e. The number of methoxy groups -OCH3 is 1. The van der Waals surface area contributed by atoms with Crippen LogP contribution in [-0.4, -0.2) is 62.4 Å². The van der Waals surface area contributed by atoms with Crippen molar-refractivity contribution in [2.45, 2.75) is 0 Å². The molecule has 8 nitrogen and oxygen atoms in total. The monoisotopic (exact) mass is 242 g/mol. The molecule has 90 valence electrons. The van der Waals surface area contributed by atoms with Crippen molar-refractivity contribution in [2.75, 3.05) is 33.4 Å². The summed E-state index contributed by atoms with van der Waals surface area (Å²) in [5.41, 5.74) is 0. The minimum absolute atomic E-state index is 0.215. The lowest BCUT2D eigenvalue weighted by molar-refractivity contribution is 0.175. The number of hydrogen-bond acceptors (Lipinski definition) is 6. The predicted octanol–water partition coefficient (Wildman–Crippen LogP) is -2.13. The second kappa shape index (κ2) is 6.56. The molecular formula is C6H14N2O6S. The number of carbonyl (C=O) groups is 1. The molecule has 0 bridgehead atoms. The third-order valence-corrected chi connectivity index (χ3v) is 2.91. The Bertz CT molecular complexity index is 284. The molecule has 0 aromatic carbocycles. The molecule has 9 heteroatoms. The highest BCUT2D eigenvalue weighted by Gasteiger charge is 2.23. The molecule has 15 heavy (non-hydrogen) atoms. The highest BCUT2D eigenvalue weighted by Crippen LogP contribution is 1.97. The predicted molar refractivity (Wildman–Crippen MR) is 50.2 cm³/mol. The van der Waals surface area contributed by atoms with Crippen LogP contribution in [0.1, 0.15) is 0 Å². The third-order valence-electron chi connectivity index (χ3n) is 1.44. The van der Waals surface area contributed by atoms with Gasteiger partial charge in [0.1, 0.15) is 0 Å². The van der Waals surface area contributed by atoms with E-state index in [0.717, 1.165) is 11.4 Å². The molecule has 0 heterocycles. The minimum atomic E-state index is -4.07. The van der Waals surface area contributed by atoms with E-state index in [-0.39, 0.29) is 13.1 Å². The van der Waals surface area contributed by atoms with Crippen molar-refractivity contribution in [3.05, 3.63) is 0 Å². The summed E-state index contributed by atoms with van der Waals surface area (Å²) in [7, 11) is -3.05. The van der Waals surface area contributed by atoms with Crippen LogP contribution in [0.2, 0.25) is 0 Å². The number of amides is 1. The standard InChI is InChI=1S/C6H14N2O6S/c1-14-6(11)7-15(12,13)8(2-4-9)3-5-10/h9-10H,2-5H2,1H3,(H,7,11). The van der Waals surface area contributed by atoms with Crippen molar-refractivity contribution in [3.8, 4) is 0 Å². The third kappa shape index (κ3) is 4.93. The molecule has 0 unspecified atom stereocenters. The van der Waals surface area contributed by atoms with Crippen LogP contribution >= 0.6 is 0 Å². The summed E-state index contributed by atoms with van der Waals surface area (Å²) in [4.78, 5) is 10.7. The van der Waals surface area contributed by atoms with Gasteiger partial charge in [0.2, 0.25) is 0 Å². The molecule has 0 radical (unpaired) electrons. The molecule has 0 aromatic heterocycles. The van der Waals surface area contributed by atoms with E-state index in [9.17, 15) is 13.2 Å². The molecule has 0 spiro atoms. The number of ether oxygens (including phenoxy) is 1. The van der Waals surface area contributed by atoms with E-state index in [0.29, 0.717) is 0 Å². The molecule has 0 aliphatic carbocycles. The summed E-state index contributed by atoms with van der Waals surface area (Å²) in [6.07, 6.45) is -1.13. The van der Waals surface area contributed by atoms with E-state index < -0.39 is 29.5 Å². The average Bonchev–Trinajstić information content (AvgIpc) is 2.16. The molecule has 3 N–H and O–H groups in total. The smallest absolute Gasteiger partial charge is 0.421 e. The van der Waals surface area contributed by atoms with Crippen molar-refractivity contribution in [3.63, 3.8) is 0 Å². The van der Waals surface area contributed by atoms with Gasteiger partial charge in [-0.1, -0.05) is 0 Å². The fourth-order valence-corrected chi connectivity index (χ4v) is 1.85. The van der Waals surface area contributed by atoms with Gasteiger partial charge in [0, 0.05) is 13.1 Å². The van der Waals surface area contributed by atoms with Gasteiger partial charge in [0.05, 0.1) is 20.3 Å². The fraction of sp³-hybridized carbons (Fsp3) is 0.833. The van der Waals surface area contributed by atoms with E-state index in [4.69, 9.17) is 10.2 Å². The van der Waals surface area contributed by atoms with Gasteiger partial charge in [-0.2, -0.15) is 12.7 Å². The van der Waals surface area contributed by atoms with Crippen LogP contribution in [0, 0.1) is 0 Å². The van der Waals surface area contributed by atoms with Crippen molar-refractivity contribution in [1.82, 2.24) is 9.03 Å². The second-order valence-electron chi connectivity index (χ2n) is 2.44. The first-order chi connectivity index (χ1) is 6.97. The topological polar surface area (TPSA) is 116 Å². The Kier molecular flexibility index (Phi) is 6.17. The van der Waals surface area contributed by atoms with Crippen LogP contribution in [0.3, 0.4) is 0 Å². The number of aliphatic hydroxyl groups is 2. The van der Waals surface area contributed by atoms with Crippen molar-refractivity contribution >= 4 is 16.3 Å². The summed E-state index contributed by atoms with van der Waals surface area (Å²) >= 11 is 0. The van der Waals surface area contributed by atoms with Crippen molar-refractivity contribution < 1.29 is 28.2 Å². The van der Waals surface area contributed by atoms with E-state index >= 15 is 0 Å². The van der Waals surface area contributed by atoms with Crippen LogP contribution < -0.4 is 4.72 Å². The van der Waals surface area contributed by atoms with Gasteiger partial charge in [-0.15, -0.1) is 0 Å². The maximum atomic E-state index is 11.4. The lowest BCUT2D eigenvalue weighted by Gasteiger charge is -2.19. The van der Waals surface area contributed by atoms with Gasteiger partial charge in [0.25, 0.3) is 0 Å². The first-order valence-electron chi connectivity index (χ1n) is 4.05. The largest absolute Gasteiger partial charge is 0.452 e. The highest BCUT2D eigenvalue weighted by atomic mass is 32.2. The van der Waals surface area contributed by atoms with E-state index in [1.807, 2.05) is 0 Å². The summed E-state index contributed by atoms with van der Waals surface area (Å²) < 4.78 is 29.2. The second-order valence-corrected chi connectivity index (χ2v) is 4.12. The Morgan fingerprint density at radius 3 is 2.13 bits per heavy atom. The molecule has 0 aromatic rings. The Hall–Kier alpha value is -0.900. The fourth-order valence-electron chi connectivity index (χ4n) is 0.787. The molecule has 0 aliphatic heterocycles. The van der Waals surface area contributed by atoms with Gasteiger partial charge >= 0.3 is 16.3 Å². The highest BCUT2D eigenvalue weighted by molar-refractivity contribution is 7.87. The zero-order valence-electron chi connectivity index (χ0n) is 8.21. The molecule has 0 atom stereocenters. The average molecular weight is 242 g/mol. The number of nitrogens with zero attached hydrogens (tertiary/aromatic N) is 1. The summed E-state index contributed by atoms with van der Waals surface area (Å²) in [6.45, 7) is -1.26. The molecular weight excluding hydrogens is 228 g/mol. The number of nitrogens with one attached hydrogen (secondary N) is 1. The van der Waals surface area contributed by atoms with E-state index in [1.54, 1.807) is 4.72 Å². The lowest BCUT2D eigenvalue weighted by atomic mass is 10.6. The Morgan fingerprint density at radius 2 is 1.80 bits per heavy atom. The molecule has 0 saturated carbocycles. The number of rotatable bonds is 6. The van der Waals surface area contributed by atoms with Crippen LogP contribution in [0.15, 0.2) is 0 Å². The Labute approximate surface area is 87.6 Å².